The Balaban J connectivity index is 2.43. The third-order valence-corrected chi connectivity index (χ3v) is 2.69. The summed E-state index contributed by atoms with van der Waals surface area (Å²) in [6, 6.07) is 7.85. The van der Waals surface area contributed by atoms with Gasteiger partial charge in [-0.3, -0.25) is 4.79 Å². The zero-order valence-corrected chi connectivity index (χ0v) is 10.5. The lowest BCUT2D eigenvalue weighted by Gasteiger charge is -2.11. The first-order valence-electron chi connectivity index (χ1n) is 4.83. The number of nitrogens with one attached hydrogen (secondary N) is 2. The highest BCUT2D eigenvalue weighted by atomic mass is 79.9. The Hall–Kier alpha value is -0.870. The molecular formula is C11H15BrN2O. The number of carbonyl (C=O) groups excluding carboxylic acids is 1. The summed E-state index contributed by atoms with van der Waals surface area (Å²) in [5, 5.41) is 5.74. The van der Waals surface area contributed by atoms with Gasteiger partial charge in [0.2, 0.25) is 5.91 Å². The molecule has 0 saturated carbocycles. The Morgan fingerprint density at radius 3 is 2.53 bits per heavy atom. The van der Waals surface area contributed by atoms with Crippen LogP contribution in [0.4, 0.5) is 0 Å². The monoisotopic (exact) mass is 270 g/mol. The van der Waals surface area contributed by atoms with Gasteiger partial charge in [-0.05, 0) is 24.6 Å². The first-order valence-corrected chi connectivity index (χ1v) is 5.62. The molecule has 0 saturated heterocycles. The van der Waals surface area contributed by atoms with Crippen LogP contribution in [0.5, 0.6) is 0 Å². The van der Waals surface area contributed by atoms with E-state index < -0.39 is 0 Å². The van der Waals surface area contributed by atoms with E-state index in [0.29, 0.717) is 6.54 Å². The van der Waals surface area contributed by atoms with Crippen molar-refractivity contribution in [2.45, 2.75) is 19.5 Å². The van der Waals surface area contributed by atoms with E-state index in [1.165, 1.54) is 0 Å². The predicted octanol–water partition coefficient (Wildman–Crippen LogP) is 1.67. The third kappa shape index (κ3) is 4.01. The van der Waals surface area contributed by atoms with Crippen molar-refractivity contribution in [2.75, 3.05) is 7.05 Å². The third-order valence-electron chi connectivity index (χ3n) is 2.17. The average Bonchev–Trinajstić information content (AvgIpc) is 2.26. The summed E-state index contributed by atoms with van der Waals surface area (Å²) in [6.07, 6.45) is 0. The van der Waals surface area contributed by atoms with Crippen molar-refractivity contribution in [1.82, 2.24) is 10.6 Å². The van der Waals surface area contributed by atoms with Gasteiger partial charge >= 0.3 is 0 Å². The summed E-state index contributed by atoms with van der Waals surface area (Å²) < 4.78 is 1.06. The molecule has 4 heteroatoms. The summed E-state index contributed by atoms with van der Waals surface area (Å²) >= 11 is 3.38. The SMILES string of the molecule is CNC(=O)[C@@H](C)NCc1ccc(Br)cc1. The predicted molar refractivity (Wildman–Crippen MR) is 64.5 cm³/mol. The minimum atomic E-state index is -0.168. The Labute approximate surface area is 98.4 Å². The summed E-state index contributed by atoms with van der Waals surface area (Å²) in [5.74, 6) is 0.00658. The standard InChI is InChI=1S/C11H15BrN2O/c1-8(11(15)13-2)14-7-9-3-5-10(12)6-4-9/h3-6,8,14H,7H2,1-2H3,(H,13,15)/t8-/m1/s1. The molecule has 0 aliphatic carbocycles. The van der Waals surface area contributed by atoms with Gasteiger partial charge in [-0.25, -0.2) is 0 Å². The molecule has 0 aromatic heterocycles. The van der Waals surface area contributed by atoms with Crippen LogP contribution in [0.15, 0.2) is 28.7 Å². The molecule has 0 unspecified atom stereocenters. The molecule has 0 bridgehead atoms. The van der Waals surface area contributed by atoms with Crippen LogP contribution in [0.2, 0.25) is 0 Å². The smallest absolute Gasteiger partial charge is 0.236 e. The Bertz CT molecular complexity index is 324. The van der Waals surface area contributed by atoms with E-state index in [-0.39, 0.29) is 11.9 Å². The highest BCUT2D eigenvalue weighted by Gasteiger charge is 2.08. The zero-order chi connectivity index (χ0) is 11.3. The number of benzene rings is 1. The number of carbonyl (C=O) groups is 1. The number of hydrogen-bond donors (Lipinski definition) is 2. The molecule has 0 aliphatic heterocycles. The molecule has 3 nitrogen and oxygen atoms in total. The van der Waals surface area contributed by atoms with Crippen molar-refractivity contribution in [1.29, 1.82) is 0 Å². The lowest BCUT2D eigenvalue weighted by atomic mass is 10.2. The van der Waals surface area contributed by atoms with Crippen molar-refractivity contribution in [3.63, 3.8) is 0 Å². The number of hydrogen-bond acceptors (Lipinski definition) is 2. The number of rotatable bonds is 4. The van der Waals surface area contributed by atoms with Gasteiger partial charge in [0, 0.05) is 18.1 Å². The Morgan fingerprint density at radius 1 is 1.40 bits per heavy atom. The number of likely N-dealkylation sites (N-methyl/N-ethyl adjacent to an activating group) is 1. The van der Waals surface area contributed by atoms with E-state index >= 15 is 0 Å². The lowest BCUT2D eigenvalue weighted by Crippen LogP contribution is -2.40. The van der Waals surface area contributed by atoms with Gasteiger partial charge in [-0.2, -0.15) is 0 Å². The molecule has 0 spiro atoms. The first-order chi connectivity index (χ1) is 7.13. The molecule has 1 amide bonds. The zero-order valence-electron chi connectivity index (χ0n) is 8.88. The van der Waals surface area contributed by atoms with Crippen molar-refractivity contribution < 1.29 is 4.79 Å². The van der Waals surface area contributed by atoms with Crippen molar-refractivity contribution in [3.8, 4) is 0 Å². The maximum Gasteiger partial charge on any atom is 0.236 e. The van der Waals surface area contributed by atoms with Crippen molar-refractivity contribution in [3.05, 3.63) is 34.3 Å². The number of halogens is 1. The van der Waals surface area contributed by atoms with Crippen LogP contribution < -0.4 is 10.6 Å². The highest BCUT2D eigenvalue weighted by molar-refractivity contribution is 9.10. The number of amides is 1. The van der Waals surface area contributed by atoms with Gasteiger partial charge in [0.15, 0.2) is 0 Å². The summed E-state index contributed by atoms with van der Waals surface area (Å²) in [6.45, 7) is 2.54. The van der Waals surface area contributed by atoms with Crippen LogP contribution in [0.25, 0.3) is 0 Å². The second kappa shape index (κ2) is 5.88. The van der Waals surface area contributed by atoms with Crippen LogP contribution in [0.3, 0.4) is 0 Å². The quantitative estimate of drug-likeness (QED) is 0.874. The van der Waals surface area contributed by atoms with Crippen LogP contribution in [0.1, 0.15) is 12.5 Å². The second-order valence-corrected chi connectivity index (χ2v) is 4.26. The second-order valence-electron chi connectivity index (χ2n) is 3.34. The minimum absolute atomic E-state index is 0.00658. The maximum atomic E-state index is 11.2. The van der Waals surface area contributed by atoms with Gasteiger partial charge in [-0.1, -0.05) is 28.1 Å². The topological polar surface area (TPSA) is 41.1 Å². The Morgan fingerprint density at radius 2 is 2.00 bits per heavy atom. The fourth-order valence-corrected chi connectivity index (χ4v) is 1.45. The molecule has 0 heterocycles. The normalized spacial score (nSPS) is 12.2. The van der Waals surface area contributed by atoms with E-state index in [4.69, 9.17) is 0 Å². The van der Waals surface area contributed by atoms with Gasteiger partial charge < -0.3 is 10.6 Å². The van der Waals surface area contributed by atoms with Crippen LogP contribution in [-0.4, -0.2) is 19.0 Å². The minimum Gasteiger partial charge on any atom is -0.358 e. The average molecular weight is 271 g/mol. The fraction of sp³-hybridized carbons (Fsp3) is 0.364. The van der Waals surface area contributed by atoms with Gasteiger partial charge in [0.1, 0.15) is 0 Å². The molecule has 15 heavy (non-hydrogen) atoms. The van der Waals surface area contributed by atoms with Gasteiger partial charge in [0.05, 0.1) is 6.04 Å². The Kier molecular flexibility index (Phi) is 4.78. The highest BCUT2D eigenvalue weighted by Crippen LogP contribution is 2.10. The summed E-state index contributed by atoms with van der Waals surface area (Å²) in [5.41, 5.74) is 1.16. The van der Waals surface area contributed by atoms with E-state index in [1.54, 1.807) is 7.05 Å². The molecule has 1 atom stereocenters. The summed E-state index contributed by atoms with van der Waals surface area (Å²) in [7, 11) is 1.64. The van der Waals surface area contributed by atoms with Crippen LogP contribution >= 0.6 is 15.9 Å². The fourth-order valence-electron chi connectivity index (χ4n) is 1.18. The van der Waals surface area contributed by atoms with Crippen LogP contribution in [-0.2, 0) is 11.3 Å². The van der Waals surface area contributed by atoms with Crippen molar-refractivity contribution >= 4 is 21.8 Å². The maximum absolute atomic E-state index is 11.2. The molecule has 1 rings (SSSR count). The molecule has 1 aromatic rings. The van der Waals surface area contributed by atoms with Gasteiger partial charge in [0.25, 0.3) is 0 Å². The molecule has 82 valence electrons. The van der Waals surface area contributed by atoms with E-state index in [1.807, 2.05) is 31.2 Å². The molecule has 1 aromatic carbocycles. The van der Waals surface area contributed by atoms with E-state index in [2.05, 4.69) is 26.6 Å². The molecule has 0 fully saturated rings. The largest absolute Gasteiger partial charge is 0.358 e. The molecular weight excluding hydrogens is 256 g/mol. The molecule has 2 N–H and O–H groups in total. The molecule has 0 radical (unpaired) electrons. The van der Waals surface area contributed by atoms with Crippen LogP contribution in [0, 0.1) is 0 Å². The van der Waals surface area contributed by atoms with Crippen molar-refractivity contribution in [2.24, 2.45) is 0 Å². The lowest BCUT2D eigenvalue weighted by molar-refractivity contribution is -0.122. The molecule has 0 aliphatic rings. The van der Waals surface area contributed by atoms with E-state index in [0.717, 1.165) is 10.0 Å². The first kappa shape index (κ1) is 12.2. The van der Waals surface area contributed by atoms with E-state index in [9.17, 15) is 4.79 Å². The van der Waals surface area contributed by atoms with Gasteiger partial charge in [-0.15, -0.1) is 0 Å². The summed E-state index contributed by atoms with van der Waals surface area (Å²) in [4.78, 5) is 11.2.